The van der Waals surface area contributed by atoms with E-state index in [1.807, 2.05) is 30.9 Å². The standard InChI is InChI=1S/C24H31N5O2/c1-16-20(14-22(30)28-19-9-3-4-10-19)17(2)27-23(26-16)18-8-7-13-29(15-18)24(31)21-11-5-6-12-25-21/h5-6,11-12,18-19H,3-4,7-10,13-15H2,1-2H3,(H,28,30)/t18-/m0/s1. The molecule has 0 bridgehead atoms. The van der Waals surface area contributed by atoms with Crippen molar-refractivity contribution in [1.82, 2.24) is 25.2 Å². The fraction of sp³-hybridized carbons (Fsp3) is 0.542. The predicted molar refractivity (Wildman–Crippen MR) is 118 cm³/mol. The first-order valence-electron chi connectivity index (χ1n) is 11.3. The third-order valence-electron chi connectivity index (χ3n) is 6.45. The van der Waals surface area contributed by atoms with Crippen molar-refractivity contribution >= 4 is 11.8 Å². The second kappa shape index (κ2) is 9.54. The number of amides is 2. The van der Waals surface area contributed by atoms with Gasteiger partial charge in [0.1, 0.15) is 11.5 Å². The Kier molecular flexibility index (Phi) is 6.59. The van der Waals surface area contributed by atoms with Crippen LogP contribution in [0.2, 0.25) is 0 Å². The van der Waals surface area contributed by atoms with Crippen LogP contribution in [0.5, 0.6) is 0 Å². The molecule has 1 aliphatic heterocycles. The molecule has 3 heterocycles. The van der Waals surface area contributed by atoms with Crippen LogP contribution in [0.4, 0.5) is 0 Å². The van der Waals surface area contributed by atoms with E-state index in [9.17, 15) is 9.59 Å². The van der Waals surface area contributed by atoms with Gasteiger partial charge in [-0.3, -0.25) is 14.6 Å². The highest BCUT2D eigenvalue weighted by Gasteiger charge is 2.28. The molecule has 2 amide bonds. The summed E-state index contributed by atoms with van der Waals surface area (Å²) in [4.78, 5) is 40.9. The van der Waals surface area contributed by atoms with Crippen LogP contribution in [-0.4, -0.2) is 50.8 Å². The van der Waals surface area contributed by atoms with E-state index in [0.717, 1.165) is 55.0 Å². The molecule has 31 heavy (non-hydrogen) atoms. The number of nitrogens with zero attached hydrogens (tertiary/aromatic N) is 4. The van der Waals surface area contributed by atoms with Gasteiger partial charge in [-0.1, -0.05) is 18.9 Å². The lowest BCUT2D eigenvalue weighted by atomic mass is 9.96. The SMILES string of the molecule is Cc1nc([C@H]2CCCN(C(=O)c3ccccn3)C2)nc(C)c1CC(=O)NC1CCCC1. The van der Waals surface area contributed by atoms with Gasteiger partial charge >= 0.3 is 0 Å². The number of carbonyl (C=O) groups is 2. The lowest BCUT2D eigenvalue weighted by Gasteiger charge is -2.32. The van der Waals surface area contributed by atoms with Gasteiger partial charge in [0.15, 0.2) is 0 Å². The molecule has 164 valence electrons. The monoisotopic (exact) mass is 421 g/mol. The number of piperidine rings is 1. The lowest BCUT2D eigenvalue weighted by molar-refractivity contribution is -0.121. The molecule has 1 aliphatic carbocycles. The number of nitrogens with one attached hydrogen (secondary N) is 1. The van der Waals surface area contributed by atoms with E-state index in [-0.39, 0.29) is 17.7 Å². The minimum Gasteiger partial charge on any atom is -0.353 e. The second-order valence-electron chi connectivity index (χ2n) is 8.76. The third-order valence-corrected chi connectivity index (χ3v) is 6.45. The van der Waals surface area contributed by atoms with E-state index < -0.39 is 0 Å². The normalized spacial score (nSPS) is 19.4. The molecule has 1 N–H and O–H groups in total. The molecule has 1 saturated heterocycles. The molecule has 7 nitrogen and oxygen atoms in total. The smallest absolute Gasteiger partial charge is 0.272 e. The predicted octanol–water partition coefficient (Wildman–Crippen LogP) is 3.11. The minimum atomic E-state index is -0.0426. The number of hydrogen-bond donors (Lipinski definition) is 1. The van der Waals surface area contributed by atoms with E-state index in [0.29, 0.717) is 24.7 Å². The van der Waals surface area contributed by atoms with Crippen LogP contribution in [-0.2, 0) is 11.2 Å². The van der Waals surface area contributed by atoms with Gasteiger partial charge in [0.25, 0.3) is 5.91 Å². The van der Waals surface area contributed by atoms with Gasteiger partial charge in [-0.25, -0.2) is 9.97 Å². The maximum atomic E-state index is 12.8. The summed E-state index contributed by atoms with van der Waals surface area (Å²) in [6, 6.07) is 5.71. The van der Waals surface area contributed by atoms with Gasteiger partial charge in [0, 0.05) is 48.2 Å². The van der Waals surface area contributed by atoms with E-state index in [1.54, 1.807) is 12.3 Å². The lowest BCUT2D eigenvalue weighted by Crippen LogP contribution is -2.40. The number of pyridine rings is 1. The van der Waals surface area contributed by atoms with Crippen LogP contribution in [0.25, 0.3) is 0 Å². The van der Waals surface area contributed by atoms with E-state index in [4.69, 9.17) is 9.97 Å². The van der Waals surface area contributed by atoms with Crippen molar-refractivity contribution in [3.05, 3.63) is 52.9 Å². The van der Waals surface area contributed by atoms with Crippen molar-refractivity contribution in [2.75, 3.05) is 13.1 Å². The van der Waals surface area contributed by atoms with Crippen molar-refractivity contribution < 1.29 is 9.59 Å². The highest BCUT2D eigenvalue weighted by Crippen LogP contribution is 2.27. The Morgan fingerprint density at radius 2 is 1.81 bits per heavy atom. The molecule has 0 spiro atoms. The van der Waals surface area contributed by atoms with Crippen LogP contribution < -0.4 is 5.32 Å². The van der Waals surface area contributed by atoms with Crippen molar-refractivity contribution in [2.45, 2.75) is 70.8 Å². The first kappa shape index (κ1) is 21.4. The molecule has 7 heteroatoms. The van der Waals surface area contributed by atoms with Crippen molar-refractivity contribution in [3.63, 3.8) is 0 Å². The van der Waals surface area contributed by atoms with Crippen LogP contribution in [0.15, 0.2) is 24.4 Å². The Labute approximate surface area is 183 Å². The van der Waals surface area contributed by atoms with Crippen LogP contribution >= 0.6 is 0 Å². The average molecular weight is 422 g/mol. The van der Waals surface area contributed by atoms with E-state index >= 15 is 0 Å². The maximum Gasteiger partial charge on any atom is 0.272 e. The van der Waals surface area contributed by atoms with Gasteiger partial charge in [-0.2, -0.15) is 0 Å². The van der Waals surface area contributed by atoms with Gasteiger partial charge < -0.3 is 10.2 Å². The van der Waals surface area contributed by atoms with Crippen LogP contribution in [0, 0.1) is 13.8 Å². The molecule has 1 saturated carbocycles. The summed E-state index contributed by atoms with van der Waals surface area (Å²) in [5, 5.41) is 3.15. The van der Waals surface area contributed by atoms with Gasteiger partial charge in [-0.05, 0) is 51.7 Å². The fourth-order valence-electron chi connectivity index (χ4n) is 4.74. The molecule has 0 unspecified atom stereocenters. The molecule has 4 rings (SSSR count). The Balaban J connectivity index is 1.44. The zero-order chi connectivity index (χ0) is 21.8. The molecule has 2 fully saturated rings. The van der Waals surface area contributed by atoms with Crippen molar-refractivity contribution in [1.29, 1.82) is 0 Å². The number of carbonyl (C=O) groups excluding carboxylic acids is 2. The summed E-state index contributed by atoms with van der Waals surface area (Å²) in [5.41, 5.74) is 3.10. The van der Waals surface area contributed by atoms with E-state index in [2.05, 4.69) is 10.3 Å². The summed E-state index contributed by atoms with van der Waals surface area (Å²) in [6.45, 7) is 5.23. The number of likely N-dealkylation sites (tertiary alicyclic amines) is 1. The van der Waals surface area contributed by atoms with Gasteiger partial charge in [-0.15, -0.1) is 0 Å². The number of hydrogen-bond acceptors (Lipinski definition) is 5. The highest BCUT2D eigenvalue weighted by molar-refractivity contribution is 5.92. The average Bonchev–Trinajstić information content (AvgIpc) is 3.29. The summed E-state index contributed by atoms with van der Waals surface area (Å²) >= 11 is 0. The molecule has 0 radical (unpaired) electrons. The molecular formula is C24H31N5O2. The summed E-state index contributed by atoms with van der Waals surface area (Å²) in [5.74, 6) is 0.881. The zero-order valence-corrected chi connectivity index (χ0v) is 18.4. The Hall–Kier alpha value is -2.83. The van der Waals surface area contributed by atoms with Gasteiger partial charge in [0.05, 0.1) is 6.42 Å². The molecule has 0 aromatic carbocycles. The maximum absolute atomic E-state index is 12.8. The third kappa shape index (κ3) is 5.09. The fourth-order valence-corrected chi connectivity index (χ4v) is 4.74. The molecule has 2 aromatic heterocycles. The Morgan fingerprint density at radius 3 is 2.48 bits per heavy atom. The topological polar surface area (TPSA) is 88.1 Å². The number of aromatic nitrogens is 3. The van der Waals surface area contributed by atoms with Crippen molar-refractivity contribution in [2.24, 2.45) is 0 Å². The number of aryl methyl sites for hydroxylation is 2. The van der Waals surface area contributed by atoms with Crippen molar-refractivity contribution in [3.8, 4) is 0 Å². The van der Waals surface area contributed by atoms with Crippen LogP contribution in [0.3, 0.4) is 0 Å². The summed E-state index contributed by atoms with van der Waals surface area (Å²) < 4.78 is 0. The Morgan fingerprint density at radius 1 is 1.06 bits per heavy atom. The first-order chi connectivity index (χ1) is 15.0. The molecule has 2 aromatic rings. The van der Waals surface area contributed by atoms with Crippen LogP contribution in [0.1, 0.15) is 77.7 Å². The zero-order valence-electron chi connectivity index (χ0n) is 18.4. The quantitative estimate of drug-likeness (QED) is 0.801. The van der Waals surface area contributed by atoms with Gasteiger partial charge in [0.2, 0.25) is 5.91 Å². The largest absolute Gasteiger partial charge is 0.353 e. The summed E-state index contributed by atoms with van der Waals surface area (Å²) in [7, 11) is 0. The molecule has 2 aliphatic rings. The second-order valence-corrected chi connectivity index (χ2v) is 8.76. The van der Waals surface area contributed by atoms with E-state index in [1.165, 1.54) is 12.8 Å². The first-order valence-corrected chi connectivity index (χ1v) is 11.3. The highest BCUT2D eigenvalue weighted by atomic mass is 16.2. The Bertz CT molecular complexity index is 917. The molecular weight excluding hydrogens is 390 g/mol. The molecule has 1 atom stereocenters. The minimum absolute atomic E-state index is 0.0426. The summed E-state index contributed by atoms with van der Waals surface area (Å²) in [6.07, 6.45) is 8.38. The number of rotatable bonds is 5.